The first kappa shape index (κ1) is 19.1. The van der Waals surface area contributed by atoms with Crippen molar-refractivity contribution in [2.24, 2.45) is 0 Å². The molecule has 0 bridgehead atoms. The molecule has 1 aliphatic rings. The Morgan fingerprint density at radius 3 is 2.52 bits per heavy atom. The summed E-state index contributed by atoms with van der Waals surface area (Å²) in [5.41, 5.74) is 1.50. The van der Waals surface area contributed by atoms with Crippen LogP contribution in [0, 0.1) is 0 Å². The number of carbonyl (C=O) groups excluding carboxylic acids is 2. The van der Waals surface area contributed by atoms with Crippen molar-refractivity contribution >= 4 is 11.8 Å². The Labute approximate surface area is 159 Å². The van der Waals surface area contributed by atoms with Crippen LogP contribution in [0.5, 0.6) is 0 Å². The Morgan fingerprint density at radius 2 is 1.85 bits per heavy atom. The standard InChI is InChI=1S/C20H27N5O2/c1-24(2)18(26)14-25-13-17(22-23-25)19(27)21-15-20(11-7-4-8-12-20)16-9-5-3-6-10-16/h3,5-6,9-10,13H,4,7-8,11-12,14-15H2,1-2H3,(H,21,27). The number of rotatable bonds is 6. The number of carbonyl (C=O) groups is 2. The molecular formula is C20H27N5O2. The third-order valence-corrected chi connectivity index (χ3v) is 5.35. The summed E-state index contributed by atoms with van der Waals surface area (Å²) in [7, 11) is 3.36. The molecule has 0 saturated heterocycles. The summed E-state index contributed by atoms with van der Waals surface area (Å²) in [4.78, 5) is 25.8. The molecule has 0 unspecified atom stereocenters. The summed E-state index contributed by atoms with van der Waals surface area (Å²) in [6.45, 7) is 0.653. The Balaban J connectivity index is 1.66. The zero-order chi connectivity index (χ0) is 19.3. The van der Waals surface area contributed by atoms with Crippen LogP contribution in [0.3, 0.4) is 0 Å². The molecule has 1 aromatic carbocycles. The maximum Gasteiger partial charge on any atom is 0.273 e. The van der Waals surface area contributed by atoms with Gasteiger partial charge in [0.2, 0.25) is 5.91 Å². The van der Waals surface area contributed by atoms with Crippen LogP contribution in [0.15, 0.2) is 36.5 Å². The molecule has 2 aromatic rings. The monoisotopic (exact) mass is 369 g/mol. The fraction of sp³-hybridized carbons (Fsp3) is 0.500. The Bertz CT molecular complexity index is 779. The first-order valence-electron chi connectivity index (χ1n) is 9.44. The second-order valence-corrected chi connectivity index (χ2v) is 7.48. The Morgan fingerprint density at radius 1 is 1.15 bits per heavy atom. The number of likely N-dealkylation sites (N-methyl/N-ethyl adjacent to an activating group) is 1. The first-order valence-corrected chi connectivity index (χ1v) is 9.44. The molecule has 7 nitrogen and oxygen atoms in total. The van der Waals surface area contributed by atoms with Gasteiger partial charge in [-0.05, 0) is 18.4 Å². The largest absolute Gasteiger partial charge is 0.350 e. The molecule has 2 amide bonds. The van der Waals surface area contributed by atoms with Gasteiger partial charge in [-0.1, -0.05) is 54.8 Å². The highest BCUT2D eigenvalue weighted by molar-refractivity contribution is 5.92. The predicted octanol–water partition coefficient (Wildman–Crippen LogP) is 2.00. The zero-order valence-electron chi connectivity index (χ0n) is 16.0. The van der Waals surface area contributed by atoms with Gasteiger partial charge in [-0.25, -0.2) is 4.68 Å². The van der Waals surface area contributed by atoms with Gasteiger partial charge in [0.1, 0.15) is 6.54 Å². The van der Waals surface area contributed by atoms with Gasteiger partial charge >= 0.3 is 0 Å². The van der Waals surface area contributed by atoms with E-state index in [1.807, 2.05) is 6.07 Å². The lowest BCUT2D eigenvalue weighted by atomic mass is 9.69. The summed E-state index contributed by atoms with van der Waals surface area (Å²) < 4.78 is 1.39. The van der Waals surface area contributed by atoms with Crippen molar-refractivity contribution in [3.8, 4) is 0 Å². The average Bonchev–Trinajstić information content (AvgIpc) is 3.16. The van der Waals surface area contributed by atoms with E-state index in [1.165, 1.54) is 40.6 Å². The van der Waals surface area contributed by atoms with Crippen molar-refractivity contribution in [1.82, 2.24) is 25.2 Å². The quantitative estimate of drug-likeness (QED) is 0.845. The lowest BCUT2D eigenvalue weighted by Crippen LogP contribution is -2.42. The molecule has 1 aromatic heterocycles. The summed E-state index contributed by atoms with van der Waals surface area (Å²) in [6, 6.07) is 10.4. The van der Waals surface area contributed by atoms with Crippen LogP contribution in [-0.2, 0) is 16.8 Å². The molecule has 0 aliphatic heterocycles. The molecule has 0 spiro atoms. The van der Waals surface area contributed by atoms with Gasteiger partial charge in [-0.2, -0.15) is 0 Å². The van der Waals surface area contributed by atoms with Crippen LogP contribution in [0.2, 0.25) is 0 Å². The maximum absolute atomic E-state index is 12.6. The highest BCUT2D eigenvalue weighted by Crippen LogP contribution is 2.38. The highest BCUT2D eigenvalue weighted by atomic mass is 16.2. The van der Waals surface area contributed by atoms with Crippen LogP contribution < -0.4 is 5.32 Å². The third kappa shape index (κ3) is 4.53. The predicted molar refractivity (Wildman–Crippen MR) is 102 cm³/mol. The van der Waals surface area contributed by atoms with E-state index in [1.54, 1.807) is 14.1 Å². The van der Waals surface area contributed by atoms with E-state index >= 15 is 0 Å². The highest BCUT2D eigenvalue weighted by Gasteiger charge is 2.34. The van der Waals surface area contributed by atoms with E-state index in [0.717, 1.165) is 12.8 Å². The van der Waals surface area contributed by atoms with E-state index in [-0.39, 0.29) is 29.5 Å². The van der Waals surface area contributed by atoms with Crippen LogP contribution in [0.1, 0.15) is 48.2 Å². The topological polar surface area (TPSA) is 80.1 Å². The summed E-state index contributed by atoms with van der Waals surface area (Å²) in [6.07, 6.45) is 7.26. The van der Waals surface area contributed by atoms with Crippen molar-refractivity contribution in [3.05, 3.63) is 47.8 Å². The molecule has 1 heterocycles. The molecule has 7 heteroatoms. The summed E-state index contributed by atoms with van der Waals surface area (Å²) >= 11 is 0. The van der Waals surface area contributed by atoms with Crippen molar-refractivity contribution in [2.45, 2.75) is 44.1 Å². The fourth-order valence-electron chi connectivity index (χ4n) is 3.69. The zero-order valence-corrected chi connectivity index (χ0v) is 16.0. The normalized spacial score (nSPS) is 15.9. The molecule has 0 radical (unpaired) electrons. The Kier molecular flexibility index (Phi) is 5.88. The van der Waals surface area contributed by atoms with Crippen LogP contribution in [0.25, 0.3) is 0 Å². The van der Waals surface area contributed by atoms with Gasteiger partial charge in [0.15, 0.2) is 5.69 Å². The lowest BCUT2D eigenvalue weighted by Gasteiger charge is -2.38. The van der Waals surface area contributed by atoms with Crippen LogP contribution >= 0.6 is 0 Å². The van der Waals surface area contributed by atoms with Crippen LogP contribution in [-0.4, -0.2) is 52.3 Å². The van der Waals surface area contributed by atoms with Gasteiger partial charge in [-0.15, -0.1) is 5.10 Å². The number of nitrogens with zero attached hydrogens (tertiary/aromatic N) is 4. The van der Waals surface area contributed by atoms with Gasteiger partial charge in [-0.3, -0.25) is 9.59 Å². The van der Waals surface area contributed by atoms with Crippen molar-refractivity contribution in [2.75, 3.05) is 20.6 Å². The molecule has 1 aliphatic carbocycles. The number of aromatic nitrogens is 3. The number of benzene rings is 1. The van der Waals surface area contributed by atoms with E-state index in [2.05, 4.69) is 39.9 Å². The maximum atomic E-state index is 12.6. The molecule has 144 valence electrons. The van der Waals surface area contributed by atoms with Gasteiger partial charge in [0, 0.05) is 26.1 Å². The molecule has 1 saturated carbocycles. The minimum atomic E-state index is -0.251. The minimum Gasteiger partial charge on any atom is -0.350 e. The van der Waals surface area contributed by atoms with Crippen molar-refractivity contribution in [3.63, 3.8) is 0 Å². The van der Waals surface area contributed by atoms with E-state index < -0.39 is 0 Å². The van der Waals surface area contributed by atoms with Gasteiger partial charge < -0.3 is 10.2 Å². The summed E-state index contributed by atoms with van der Waals surface area (Å²) in [5.74, 6) is -0.350. The number of hydrogen-bond acceptors (Lipinski definition) is 4. The SMILES string of the molecule is CN(C)C(=O)Cn1cc(C(=O)NCC2(c3ccccc3)CCCCC2)nn1. The van der Waals surface area contributed by atoms with Gasteiger partial charge in [0.25, 0.3) is 5.91 Å². The number of nitrogens with one attached hydrogen (secondary N) is 1. The fourth-order valence-corrected chi connectivity index (χ4v) is 3.69. The average molecular weight is 369 g/mol. The number of hydrogen-bond donors (Lipinski definition) is 1. The lowest BCUT2D eigenvalue weighted by molar-refractivity contribution is -0.129. The van der Waals surface area contributed by atoms with Crippen molar-refractivity contribution in [1.29, 1.82) is 0 Å². The second kappa shape index (κ2) is 8.33. The first-order chi connectivity index (χ1) is 13.0. The smallest absolute Gasteiger partial charge is 0.273 e. The molecule has 1 N–H and O–H groups in total. The van der Waals surface area contributed by atoms with E-state index in [0.29, 0.717) is 6.54 Å². The second-order valence-electron chi connectivity index (χ2n) is 7.48. The summed E-state index contributed by atoms with van der Waals surface area (Å²) in [5, 5.41) is 10.9. The van der Waals surface area contributed by atoms with Crippen LogP contribution in [0.4, 0.5) is 0 Å². The molecule has 1 fully saturated rings. The number of amides is 2. The van der Waals surface area contributed by atoms with Gasteiger partial charge in [0.05, 0.1) is 6.20 Å². The minimum absolute atomic E-state index is 0.0218. The molecular weight excluding hydrogens is 342 g/mol. The van der Waals surface area contributed by atoms with E-state index in [4.69, 9.17) is 0 Å². The Hall–Kier alpha value is -2.70. The molecule has 0 atom stereocenters. The third-order valence-electron chi connectivity index (χ3n) is 5.35. The molecule has 3 rings (SSSR count). The van der Waals surface area contributed by atoms with E-state index in [9.17, 15) is 9.59 Å². The van der Waals surface area contributed by atoms with Crippen molar-refractivity contribution < 1.29 is 9.59 Å². The molecule has 27 heavy (non-hydrogen) atoms.